The minimum absolute atomic E-state index is 0.0105. The highest BCUT2D eigenvalue weighted by Gasteiger charge is 2.45. The van der Waals surface area contributed by atoms with Crippen LogP contribution in [0.1, 0.15) is 38.0 Å². The molecule has 3 unspecified atom stereocenters. The molecule has 1 fully saturated rings. The maximum absolute atomic E-state index is 12.7. The third-order valence-corrected chi connectivity index (χ3v) is 5.48. The minimum Gasteiger partial charge on any atom is -0.342 e. The van der Waals surface area contributed by atoms with Gasteiger partial charge in [-0.05, 0) is 38.1 Å². The van der Waals surface area contributed by atoms with Gasteiger partial charge in [-0.2, -0.15) is 0 Å². The van der Waals surface area contributed by atoms with Crippen LogP contribution >= 0.6 is 11.3 Å². The molecule has 106 valence electrons. The number of hydrogen-bond donors (Lipinski definition) is 1. The standard InChI is InChI=1S/C15H24N2OS/c1-11(10-12-6-5-9-19-12)17(3)14(18)15(2)8-4-7-13(15)16/h5-6,9,11,13H,4,7-8,10,16H2,1-3H3. The molecule has 0 bridgehead atoms. The Labute approximate surface area is 119 Å². The molecule has 1 heterocycles. The van der Waals surface area contributed by atoms with Gasteiger partial charge in [0.15, 0.2) is 0 Å². The predicted octanol–water partition coefficient (Wildman–Crippen LogP) is 2.66. The fraction of sp³-hybridized carbons (Fsp3) is 0.667. The third-order valence-electron chi connectivity index (χ3n) is 4.58. The molecule has 0 aromatic carbocycles. The second-order valence-corrected chi connectivity index (χ2v) is 7.00. The zero-order chi connectivity index (χ0) is 14.0. The topological polar surface area (TPSA) is 46.3 Å². The first-order valence-corrected chi connectivity index (χ1v) is 7.88. The summed E-state index contributed by atoms with van der Waals surface area (Å²) in [7, 11) is 1.91. The fourth-order valence-electron chi connectivity index (χ4n) is 2.92. The predicted molar refractivity (Wildman–Crippen MR) is 80.2 cm³/mol. The van der Waals surface area contributed by atoms with Gasteiger partial charge in [-0.25, -0.2) is 0 Å². The molecule has 1 aromatic rings. The van der Waals surface area contributed by atoms with Crippen molar-refractivity contribution in [3.05, 3.63) is 22.4 Å². The maximum Gasteiger partial charge on any atom is 0.230 e. The first-order chi connectivity index (χ1) is 8.95. The third kappa shape index (κ3) is 2.84. The zero-order valence-corrected chi connectivity index (χ0v) is 12.9. The van der Waals surface area contributed by atoms with Crippen molar-refractivity contribution in [3.8, 4) is 0 Å². The van der Waals surface area contributed by atoms with Crippen LogP contribution in [0.15, 0.2) is 17.5 Å². The van der Waals surface area contributed by atoms with Gasteiger partial charge in [0.25, 0.3) is 0 Å². The first-order valence-electron chi connectivity index (χ1n) is 7.00. The number of carbonyl (C=O) groups is 1. The lowest BCUT2D eigenvalue weighted by molar-refractivity contribution is -0.142. The molecule has 1 aromatic heterocycles. The molecule has 4 heteroatoms. The van der Waals surface area contributed by atoms with Crippen LogP contribution in [-0.2, 0) is 11.2 Å². The van der Waals surface area contributed by atoms with Crippen LogP contribution < -0.4 is 5.73 Å². The first kappa shape index (κ1) is 14.5. The van der Waals surface area contributed by atoms with Gasteiger partial charge in [-0.1, -0.05) is 12.5 Å². The molecule has 2 N–H and O–H groups in total. The van der Waals surface area contributed by atoms with E-state index < -0.39 is 0 Å². The molecule has 2 rings (SSSR count). The Morgan fingerprint density at radius 3 is 2.95 bits per heavy atom. The Hall–Kier alpha value is -0.870. The Morgan fingerprint density at radius 2 is 2.42 bits per heavy atom. The fourth-order valence-corrected chi connectivity index (χ4v) is 3.75. The molecular weight excluding hydrogens is 256 g/mol. The average Bonchev–Trinajstić information content (AvgIpc) is 2.99. The molecule has 0 saturated heterocycles. The molecule has 1 aliphatic rings. The smallest absolute Gasteiger partial charge is 0.230 e. The van der Waals surface area contributed by atoms with Gasteiger partial charge in [0.2, 0.25) is 5.91 Å². The Balaban J connectivity index is 2.02. The van der Waals surface area contributed by atoms with E-state index in [2.05, 4.69) is 24.4 Å². The highest BCUT2D eigenvalue weighted by Crippen LogP contribution is 2.38. The zero-order valence-electron chi connectivity index (χ0n) is 12.1. The lowest BCUT2D eigenvalue weighted by Gasteiger charge is -2.35. The van der Waals surface area contributed by atoms with Crippen molar-refractivity contribution in [3.63, 3.8) is 0 Å². The number of rotatable bonds is 4. The molecule has 0 aliphatic heterocycles. The van der Waals surface area contributed by atoms with Crippen LogP contribution in [0.5, 0.6) is 0 Å². The van der Waals surface area contributed by atoms with Crippen LogP contribution in [0, 0.1) is 5.41 Å². The van der Waals surface area contributed by atoms with Crippen molar-refractivity contribution in [2.24, 2.45) is 11.1 Å². The summed E-state index contributed by atoms with van der Waals surface area (Å²) in [5.41, 5.74) is 5.78. The Bertz CT molecular complexity index is 431. The van der Waals surface area contributed by atoms with Crippen LogP contribution in [-0.4, -0.2) is 29.9 Å². The van der Waals surface area contributed by atoms with Crippen molar-refractivity contribution in [2.75, 3.05) is 7.05 Å². The molecule has 19 heavy (non-hydrogen) atoms. The number of nitrogens with zero attached hydrogens (tertiary/aromatic N) is 1. The lowest BCUT2D eigenvalue weighted by atomic mass is 9.83. The Morgan fingerprint density at radius 1 is 1.68 bits per heavy atom. The van der Waals surface area contributed by atoms with E-state index in [0.29, 0.717) is 0 Å². The van der Waals surface area contributed by atoms with Gasteiger partial charge in [-0.3, -0.25) is 4.79 Å². The highest BCUT2D eigenvalue weighted by molar-refractivity contribution is 7.09. The summed E-state index contributed by atoms with van der Waals surface area (Å²) >= 11 is 1.75. The number of amides is 1. The van der Waals surface area contributed by atoms with Crippen LogP contribution in [0.4, 0.5) is 0 Å². The summed E-state index contributed by atoms with van der Waals surface area (Å²) in [5, 5.41) is 2.08. The van der Waals surface area contributed by atoms with E-state index in [-0.39, 0.29) is 23.4 Å². The highest BCUT2D eigenvalue weighted by atomic mass is 32.1. The van der Waals surface area contributed by atoms with Crippen LogP contribution in [0.25, 0.3) is 0 Å². The normalized spacial score (nSPS) is 28.3. The molecule has 3 atom stereocenters. The van der Waals surface area contributed by atoms with Gasteiger partial charge in [0.1, 0.15) is 0 Å². The van der Waals surface area contributed by atoms with Crippen LogP contribution in [0.3, 0.4) is 0 Å². The van der Waals surface area contributed by atoms with Gasteiger partial charge in [0, 0.05) is 30.4 Å². The van der Waals surface area contributed by atoms with E-state index in [4.69, 9.17) is 5.73 Å². The second kappa shape index (κ2) is 5.63. The summed E-state index contributed by atoms with van der Waals surface area (Å²) in [6.07, 6.45) is 3.88. The largest absolute Gasteiger partial charge is 0.342 e. The number of thiophene rings is 1. The molecular formula is C15H24N2OS. The molecule has 1 saturated carbocycles. The number of carbonyl (C=O) groups excluding carboxylic acids is 1. The lowest BCUT2D eigenvalue weighted by Crippen LogP contribution is -2.50. The summed E-state index contributed by atoms with van der Waals surface area (Å²) < 4.78 is 0. The van der Waals surface area contributed by atoms with Gasteiger partial charge >= 0.3 is 0 Å². The number of hydrogen-bond acceptors (Lipinski definition) is 3. The molecule has 1 amide bonds. The van der Waals surface area contributed by atoms with E-state index in [9.17, 15) is 4.79 Å². The average molecular weight is 280 g/mol. The summed E-state index contributed by atoms with van der Waals surface area (Å²) in [6.45, 7) is 4.14. The number of nitrogens with two attached hydrogens (primary N) is 1. The van der Waals surface area contributed by atoms with Gasteiger partial charge in [0.05, 0.1) is 5.41 Å². The van der Waals surface area contributed by atoms with Gasteiger partial charge < -0.3 is 10.6 Å². The van der Waals surface area contributed by atoms with E-state index in [1.807, 2.05) is 18.9 Å². The molecule has 3 nitrogen and oxygen atoms in total. The summed E-state index contributed by atoms with van der Waals surface area (Å²) in [4.78, 5) is 15.9. The minimum atomic E-state index is -0.363. The van der Waals surface area contributed by atoms with Crippen molar-refractivity contribution in [2.45, 2.75) is 51.6 Å². The van der Waals surface area contributed by atoms with Crippen LogP contribution in [0.2, 0.25) is 0 Å². The SMILES string of the molecule is CC(Cc1cccs1)N(C)C(=O)C1(C)CCCC1N. The number of likely N-dealkylation sites (N-methyl/N-ethyl adjacent to an activating group) is 1. The van der Waals surface area contributed by atoms with E-state index >= 15 is 0 Å². The van der Waals surface area contributed by atoms with Crippen molar-refractivity contribution in [1.82, 2.24) is 4.90 Å². The molecule has 1 aliphatic carbocycles. The summed E-state index contributed by atoms with van der Waals surface area (Å²) in [6, 6.07) is 4.41. The van der Waals surface area contributed by atoms with Crippen molar-refractivity contribution < 1.29 is 4.79 Å². The quantitative estimate of drug-likeness (QED) is 0.921. The van der Waals surface area contributed by atoms with Gasteiger partial charge in [-0.15, -0.1) is 11.3 Å². The van der Waals surface area contributed by atoms with E-state index in [1.54, 1.807) is 11.3 Å². The van der Waals surface area contributed by atoms with E-state index in [1.165, 1.54) is 4.88 Å². The monoisotopic (exact) mass is 280 g/mol. The molecule has 0 spiro atoms. The summed E-state index contributed by atoms with van der Waals surface area (Å²) in [5.74, 6) is 0.210. The maximum atomic E-state index is 12.7. The van der Waals surface area contributed by atoms with Crippen molar-refractivity contribution >= 4 is 17.2 Å². The Kier molecular flexibility index (Phi) is 4.31. The second-order valence-electron chi connectivity index (χ2n) is 5.96. The van der Waals surface area contributed by atoms with Crippen molar-refractivity contribution in [1.29, 1.82) is 0 Å². The molecule has 0 radical (unpaired) electrons. The van der Waals surface area contributed by atoms with E-state index in [0.717, 1.165) is 25.7 Å².